The van der Waals surface area contributed by atoms with Gasteiger partial charge in [-0.3, -0.25) is 4.90 Å². The number of alkyl halides is 2. The molecule has 1 spiro atoms. The molecule has 4 aliphatic heterocycles. The second kappa shape index (κ2) is 8.89. The molecular formula is C23H38F2N2O3. The van der Waals surface area contributed by atoms with Crippen LogP contribution in [0.15, 0.2) is 0 Å². The number of rotatable bonds is 0. The first-order valence-electron chi connectivity index (χ1n) is 12.2. The first-order valence-corrected chi connectivity index (χ1v) is 12.2. The van der Waals surface area contributed by atoms with E-state index in [0.717, 1.165) is 51.8 Å². The lowest BCUT2D eigenvalue weighted by atomic mass is 9.70. The van der Waals surface area contributed by atoms with E-state index >= 15 is 0 Å². The molecule has 0 aromatic heterocycles. The summed E-state index contributed by atoms with van der Waals surface area (Å²) in [5.74, 6) is 0.350. The van der Waals surface area contributed by atoms with Crippen molar-refractivity contribution < 1.29 is 23.0 Å². The molecular weight excluding hydrogens is 390 g/mol. The van der Waals surface area contributed by atoms with Gasteiger partial charge in [0.2, 0.25) is 0 Å². The summed E-state index contributed by atoms with van der Waals surface area (Å²) >= 11 is 0. The van der Waals surface area contributed by atoms with Crippen LogP contribution in [-0.2, 0) is 14.2 Å². The van der Waals surface area contributed by atoms with Gasteiger partial charge in [0.1, 0.15) is 12.3 Å². The first-order chi connectivity index (χ1) is 14.6. The highest BCUT2D eigenvalue weighted by Crippen LogP contribution is 2.43. The van der Waals surface area contributed by atoms with Crippen LogP contribution >= 0.6 is 0 Å². The highest BCUT2D eigenvalue weighted by molar-refractivity contribution is 5.10. The Hall–Kier alpha value is -0.340. The molecule has 0 aromatic carbocycles. The van der Waals surface area contributed by atoms with Crippen LogP contribution in [0, 0.1) is 11.8 Å². The quantitative estimate of drug-likeness (QED) is 0.643. The van der Waals surface area contributed by atoms with Gasteiger partial charge in [-0.15, -0.1) is 0 Å². The zero-order valence-electron chi connectivity index (χ0n) is 18.2. The molecule has 4 saturated heterocycles. The molecule has 0 radical (unpaired) electrons. The summed E-state index contributed by atoms with van der Waals surface area (Å²) in [4.78, 5) is 2.48. The Morgan fingerprint density at radius 3 is 2.63 bits per heavy atom. The molecule has 7 heteroatoms. The second-order valence-electron chi connectivity index (χ2n) is 10.4. The molecule has 0 amide bonds. The monoisotopic (exact) mass is 428 g/mol. The normalized spacial score (nSPS) is 50.9. The van der Waals surface area contributed by atoms with Gasteiger partial charge >= 0.3 is 0 Å². The van der Waals surface area contributed by atoms with Crippen LogP contribution in [0.3, 0.4) is 0 Å². The van der Waals surface area contributed by atoms with Crippen LogP contribution in [0.2, 0.25) is 0 Å². The summed E-state index contributed by atoms with van der Waals surface area (Å²) in [6, 6.07) is 0.616. The predicted octanol–water partition coefficient (Wildman–Crippen LogP) is 2.87. The number of ether oxygens (including phenoxy) is 3. The van der Waals surface area contributed by atoms with Crippen molar-refractivity contribution in [2.24, 2.45) is 11.8 Å². The van der Waals surface area contributed by atoms with Gasteiger partial charge in [-0.05, 0) is 57.3 Å². The second-order valence-corrected chi connectivity index (χ2v) is 10.4. The van der Waals surface area contributed by atoms with Crippen LogP contribution in [-0.4, -0.2) is 86.6 Å². The Labute approximate surface area is 179 Å². The minimum absolute atomic E-state index is 0.00277. The lowest BCUT2D eigenvalue weighted by Crippen LogP contribution is -2.63. The Morgan fingerprint density at radius 2 is 1.87 bits per heavy atom. The average molecular weight is 429 g/mol. The predicted molar refractivity (Wildman–Crippen MR) is 110 cm³/mol. The molecule has 30 heavy (non-hydrogen) atoms. The van der Waals surface area contributed by atoms with Gasteiger partial charge in [0, 0.05) is 25.6 Å². The number of hydrogen-bond acceptors (Lipinski definition) is 5. The van der Waals surface area contributed by atoms with Crippen molar-refractivity contribution in [1.82, 2.24) is 10.2 Å². The standard InChI is InChI=1S/C23H38F2N2O3/c1-15-12-23(14-28-8-6-26-23)21-13-30-18-4-2-16(3-5-18)19-10-17(24)11-20(25)22(19)29-9-7-27(15)21/h15-22,26H,2-14H2,1H3. The number of hydrogen-bond donors (Lipinski definition) is 1. The minimum atomic E-state index is -1.19. The fourth-order valence-electron chi connectivity index (χ4n) is 7.12. The molecule has 1 N–H and O–H groups in total. The molecule has 7 atom stereocenters. The van der Waals surface area contributed by atoms with Crippen LogP contribution in [0.1, 0.15) is 51.9 Å². The van der Waals surface area contributed by atoms with Crippen molar-refractivity contribution in [3.8, 4) is 0 Å². The van der Waals surface area contributed by atoms with E-state index < -0.39 is 18.4 Å². The molecule has 0 aromatic rings. The zero-order chi connectivity index (χ0) is 20.7. The summed E-state index contributed by atoms with van der Waals surface area (Å²) in [5, 5.41) is 3.76. The summed E-state index contributed by atoms with van der Waals surface area (Å²) in [5.41, 5.74) is -0.0769. The Bertz CT molecular complexity index is 583. The summed E-state index contributed by atoms with van der Waals surface area (Å²) < 4.78 is 47.7. The van der Waals surface area contributed by atoms with E-state index in [0.29, 0.717) is 38.2 Å². The molecule has 4 heterocycles. The van der Waals surface area contributed by atoms with Gasteiger partial charge in [0.15, 0.2) is 0 Å². The minimum Gasteiger partial charge on any atom is -0.378 e. The maximum absolute atomic E-state index is 14.9. The van der Waals surface area contributed by atoms with Crippen LogP contribution in [0.5, 0.6) is 0 Å². The van der Waals surface area contributed by atoms with Gasteiger partial charge in [0.05, 0.1) is 50.2 Å². The molecule has 6 rings (SSSR count). The number of nitrogens with one attached hydrogen (secondary N) is 1. The average Bonchev–Trinajstić information content (AvgIpc) is 2.99. The largest absolute Gasteiger partial charge is 0.378 e. The molecule has 6 fully saturated rings. The van der Waals surface area contributed by atoms with Gasteiger partial charge in [-0.1, -0.05) is 0 Å². The van der Waals surface area contributed by atoms with E-state index in [1.165, 1.54) is 0 Å². The Morgan fingerprint density at radius 1 is 1.03 bits per heavy atom. The van der Waals surface area contributed by atoms with Crippen LogP contribution < -0.4 is 5.32 Å². The molecule has 2 saturated carbocycles. The number of halogens is 2. The third-order valence-corrected chi connectivity index (χ3v) is 8.61. The molecule has 2 aliphatic carbocycles. The molecule has 172 valence electrons. The molecule has 7 unspecified atom stereocenters. The van der Waals surface area contributed by atoms with Gasteiger partial charge in [-0.25, -0.2) is 8.78 Å². The van der Waals surface area contributed by atoms with Crippen molar-refractivity contribution in [3.05, 3.63) is 0 Å². The maximum atomic E-state index is 14.9. The number of nitrogens with zero attached hydrogens (tertiary/aromatic N) is 1. The Kier molecular flexibility index (Phi) is 6.37. The topological polar surface area (TPSA) is 43.0 Å². The third kappa shape index (κ3) is 4.05. The highest BCUT2D eigenvalue weighted by atomic mass is 19.1. The van der Waals surface area contributed by atoms with E-state index in [-0.39, 0.29) is 30.0 Å². The summed E-state index contributed by atoms with van der Waals surface area (Å²) in [6.45, 7) is 6.54. The van der Waals surface area contributed by atoms with Crippen molar-refractivity contribution in [2.45, 2.75) is 94.0 Å². The van der Waals surface area contributed by atoms with Gasteiger partial charge < -0.3 is 19.5 Å². The fourth-order valence-corrected chi connectivity index (χ4v) is 7.12. The molecule has 5 nitrogen and oxygen atoms in total. The van der Waals surface area contributed by atoms with E-state index in [2.05, 4.69) is 17.1 Å². The van der Waals surface area contributed by atoms with E-state index in [4.69, 9.17) is 14.2 Å². The molecule has 6 aliphatic rings. The van der Waals surface area contributed by atoms with E-state index in [1.807, 2.05) is 0 Å². The van der Waals surface area contributed by atoms with Gasteiger partial charge in [-0.2, -0.15) is 0 Å². The maximum Gasteiger partial charge on any atom is 0.129 e. The highest BCUT2D eigenvalue weighted by Gasteiger charge is 2.52. The van der Waals surface area contributed by atoms with E-state index in [1.54, 1.807) is 0 Å². The SMILES string of the molecule is CC1CC2(COCCN2)C2COC3CCC(CC3)C3CC(F)CC(F)C3OCCN12. The van der Waals surface area contributed by atoms with Crippen molar-refractivity contribution in [1.29, 1.82) is 0 Å². The zero-order valence-corrected chi connectivity index (χ0v) is 18.2. The smallest absolute Gasteiger partial charge is 0.129 e. The van der Waals surface area contributed by atoms with Crippen molar-refractivity contribution in [3.63, 3.8) is 0 Å². The number of morpholine rings is 1. The third-order valence-electron chi connectivity index (χ3n) is 8.61. The molecule has 2 bridgehead atoms. The first kappa shape index (κ1) is 21.5. The Balaban J connectivity index is 1.37. The fraction of sp³-hybridized carbons (Fsp3) is 1.00. The lowest BCUT2D eigenvalue weighted by molar-refractivity contribution is -0.101. The van der Waals surface area contributed by atoms with Crippen LogP contribution in [0.4, 0.5) is 8.78 Å². The number of fused-ring (bicyclic) bond motifs is 5. The van der Waals surface area contributed by atoms with Crippen LogP contribution in [0.25, 0.3) is 0 Å². The van der Waals surface area contributed by atoms with Crippen molar-refractivity contribution in [2.75, 3.05) is 39.5 Å². The van der Waals surface area contributed by atoms with Gasteiger partial charge in [0.25, 0.3) is 0 Å². The summed E-state index contributed by atoms with van der Waals surface area (Å²) in [7, 11) is 0. The van der Waals surface area contributed by atoms with Crippen molar-refractivity contribution >= 4 is 0 Å². The lowest BCUT2D eigenvalue weighted by Gasteiger charge is -2.42. The van der Waals surface area contributed by atoms with E-state index in [9.17, 15) is 8.78 Å². The summed E-state index contributed by atoms with van der Waals surface area (Å²) in [6.07, 6.45) is 3.00.